The van der Waals surface area contributed by atoms with Gasteiger partial charge >= 0.3 is 0 Å². The Balaban J connectivity index is 1.96. The molecule has 0 heteroatoms. The lowest BCUT2D eigenvalue weighted by molar-refractivity contribution is 1.18. The smallest absolute Gasteiger partial charge is 0.00255 e. The summed E-state index contributed by atoms with van der Waals surface area (Å²) in [5.74, 6) is 0. The lowest BCUT2D eigenvalue weighted by atomic mass is 9.93. The second-order valence-corrected chi connectivity index (χ2v) is 6.13. The molecule has 0 atom stereocenters. The molecule has 0 nitrogen and oxygen atoms in total. The van der Waals surface area contributed by atoms with Crippen molar-refractivity contribution in [1.82, 2.24) is 0 Å². The predicted octanol–water partition coefficient (Wildman–Crippen LogP) is 5.87. The van der Waals surface area contributed by atoms with E-state index in [0.717, 1.165) is 6.42 Å². The van der Waals surface area contributed by atoms with E-state index in [-0.39, 0.29) is 0 Å². The van der Waals surface area contributed by atoms with Crippen LogP contribution in [-0.4, -0.2) is 0 Å². The zero-order chi connectivity index (χ0) is 15.5. The number of hydrogen-bond donors (Lipinski definition) is 0. The first-order valence-corrected chi connectivity index (χ1v) is 7.84. The van der Waals surface area contributed by atoms with Crippen molar-refractivity contribution in [1.29, 1.82) is 0 Å². The molecule has 0 saturated carbocycles. The summed E-state index contributed by atoms with van der Waals surface area (Å²) in [4.78, 5) is 0. The maximum atomic E-state index is 2.34. The van der Waals surface area contributed by atoms with Gasteiger partial charge in [0.15, 0.2) is 0 Å². The monoisotopic (exact) mass is 286 g/mol. The highest BCUT2D eigenvalue weighted by Crippen LogP contribution is 2.28. The largest absolute Gasteiger partial charge is 0.0620 e. The van der Waals surface area contributed by atoms with E-state index in [1.165, 1.54) is 38.9 Å². The first-order chi connectivity index (χ1) is 10.6. The van der Waals surface area contributed by atoms with Gasteiger partial charge in [-0.1, -0.05) is 72.3 Å². The highest BCUT2D eigenvalue weighted by molar-refractivity contribution is 5.71. The quantitative estimate of drug-likeness (QED) is 0.565. The minimum absolute atomic E-state index is 0.986. The first kappa shape index (κ1) is 14.6. The second kappa shape index (κ2) is 6.19. The van der Waals surface area contributed by atoms with E-state index >= 15 is 0 Å². The van der Waals surface area contributed by atoms with Crippen molar-refractivity contribution < 1.29 is 0 Å². The summed E-state index contributed by atoms with van der Waals surface area (Å²) in [5.41, 5.74) is 9.40. The Morgan fingerprint density at radius 2 is 1.23 bits per heavy atom. The van der Waals surface area contributed by atoms with E-state index in [2.05, 4.69) is 87.5 Å². The Morgan fingerprint density at radius 3 is 1.95 bits per heavy atom. The van der Waals surface area contributed by atoms with Crippen molar-refractivity contribution in [3.05, 3.63) is 94.5 Å². The fourth-order valence-electron chi connectivity index (χ4n) is 2.89. The summed E-state index contributed by atoms with van der Waals surface area (Å²) in [6.07, 6.45) is 0.986. The fraction of sp³-hybridized carbons (Fsp3) is 0.182. The molecular weight excluding hydrogens is 264 g/mol. The molecule has 3 rings (SSSR count). The van der Waals surface area contributed by atoms with Crippen molar-refractivity contribution in [3.8, 4) is 11.1 Å². The van der Waals surface area contributed by atoms with Gasteiger partial charge in [-0.15, -0.1) is 0 Å². The second-order valence-electron chi connectivity index (χ2n) is 6.13. The van der Waals surface area contributed by atoms with Crippen LogP contribution in [0.3, 0.4) is 0 Å². The van der Waals surface area contributed by atoms with E-state index in [1.54, 1.807) is 0 Å². The summed E-state index contributed by atoms with van der Waals surface area (Å²) in [7, 11) is 0. The maximum Gasteiger partial charge on any atom is -0.00255 e. The van der Waals surface area contributed by atoms with Gasteiger partial charge in [-0.3, -0.25) is 0 Å². The molecule has 0 heterocycles. The Bertz CT molecular complexity index is 779. The van der Waals surface area contributed by atoms with E-state index in [9.17, 15) is 0 Å². The number of aryl methyl sites for hydroxylation is 3. The van der Waals surface area contributed by atoms with Crippen LogP contribution in [0.5, 0.6) is 0 Å². The molecule has 0 fully saturated rings. The van der Waals surface area contributed by atoms with E-state index in [0.29, 0.717) is 0 Å². The van der Waals surface area contributed by atoms with E-state index in [1.807, 2.05) is 0 Å². The minimum Gasteiger partial charge on any atom is -0.0620 e. The average Bonchev–Trinajstić information content (AvgIpc) is 2.52. The van der Waals surface area contributed by atoms with Crippen LogP contribution in [0.1, 0.15) is 27.8 Å². The van der Waals surface area contributed by atoms with Crippen molar-refractivity contribution >= 4 is 0 Å². The first-order valence-electron chi connectivity index (χ1n) is 7.84. The predicted molar refractivity (Wildman–Crippen MR) is 95.3 cm³/mol. The van der Waals surface area contributed by atoms with Crippen molar-refractivity contribution in [2.45, 2.75) is 27.2 Å². The molecule has 0 aliphatic heterocycles. The molecule has 0 radical (unpaired) electrons. The third kappa shape index (κ3) is 3.12. The van der Waals surface area contributed by atoms with E-state index in [4.69, 9.17) is 0 Å². The van der Waals surface area contributed by atoms with Crippen LogP contribution in [-0.2, 0) is 6.42 Å². The van der Waals surface area contributed by atoms with Crippen molar-refractivity contribution in [2.24, 2.45) is 0 Å². The summed E-state index contributed by atoms with van der Waals surface area (Å²) < 4.78 is 0. The molecule has 0 aromatic heterocycles. The average molecular weight is 286 g/mol. The SMILES string of the molecule is Cc1ccc(Cc2ccc(C)c(-c3ccccc3C)c2)cc1. The fourth-order valence-corrected chi connectivity index (χ4v) is 2.89. The number of hydrogen-bond acceptors (Lipinski definition) is 0. The topological polar surface area (TPSA) is 0 Å². The molecule has 0 aliphatic carbocycles. The number of benzene rings is 3. The van der Waals surface area contributed by atoms with Crippen LogP contribution in [0.4, 0.5) is 0 Å². The molecule has 110 valence electrons. The van der Waals surface area contributed by atoms with Crippen LogP contribution in [0.2, 0.25) is 0 Å². The maximum absolute atomic E-state index is 2.34. The molecule has 0 spiro atoms. The highest BCUT2D eigenvalue weighted by Gasteiger charge is 2.06. The summed E-state index contributed by atoms with van der Waals surface area (Å²) in [5, 5.41) is 0. The normalized spacial score (nSPS) is 10.7. The Morgan fingerprint density at radius 1 is 0.591 bits per heavy atom. The van der Waals surface area contributed by atoms with Gasteiger partial charge in [-0.05, 0) is 60.6 Å². The molecule has 0 aliphatic rings. The van der Waals surface area contributed by atoms with Crippen LogP contribution in [0.25, 0.3) is 11.1 Å². The number of rotatable bonds is 3. The molecule has 3 aromatic rings. The molecule has 0 bridgehead atoms. The summed E-state index contributed by atoms with van der Waals surface area (Å²) >= 11 is 0. The van der Waals surface area contributed by atoms with Gasteiger partial charge in [-0.2, -0.15) is 0 Å². The van der Waals surface area contributed by atoms with E-state index < -0.39 is 0 Å². The van der Waals surface area contributed by atoms with Crippen LogP contribution in [0.15, 0.2) is 66.7 Å². The van der Waals surface area contributed by atoms with Crippen LogP contribution in [0, 0.1) is 20.8 Å². The van der Waals surface area contributed by atoms with Gasteiger partial charge in [0.2, 0.25) is 0 Å². The van der Waals surface area contributed by atoms with Crippen LogP contribution < -0.4 is 0 Å². The molecular formula is C22H22. The molecule has 0 N–H and O–H groups in total. The Hall–Kier alpha value is -2.34. The van der Waals surface area contributed by atoms with Crippen molar-refractivity contribution in [2.75, 3.05) is 0 Å². The zero-order valence-corrected chi connectivity index (χ0v) is 13.6. The third-order valence-corrected chi connectivity index (χ3v) is 4.27. The Labute approximate surface area is 133 Å². The molecule has 0 amide bonds. The summed E-state index contributed by atoms with van der Waals surface area (Å²) in [6, 6.07) is 24.3. The zero-order valence-electron chi connectivity index (χ0n) is 13.6. The lowest BCUT2D eigenvalue weighted by Crippen LogP contribution is -1.92. The van der Waals surface area contributed by atoms with Gasteiger partial charge in [0.25, 0.3) is 0 Å². The van der Waals surface area contributed by atoms with Gasteiger partial charge in [0.05, 0.1) is 0 Å². The van der Waals surface area contributed by atoms with Crippen LogP contribution >= 0.6 is 0 Å². The Kier molecular flexibility index (Phi) is 4.11. The standard InChI is InChI=1S/C22H22/c1-16-8-11-19(12-9-16)14-20-13-10-18(3)22(15-20)21-7-5-4-6-17(21)2/h4-13,15H,14H2,1-3H3. The highest BCUT2D eigenvalue weighted by atomic mass is 14.1. The van der Waals surface area contributed by atoms with Gasteiger partial charge in [0.1, 0.15) is 0 Å². The molecule has 0 saturated heterocycles. The van der Waals surface area contributed by atoms with Crippen molar-refractivity contribution in [3.63, 3.8) is 0 Å². The lowest BCUT2D eigenvalue weighted by Gasteiger charge is -2.12. The molecule has 0 unspecified atom stereocenters. The van der Waals surface area contributed by atoms with Gasteiger partial charge < -0.3 is 0 Å². The van der Waals surface area contributed by atoms with Gasteiger partial charge in [0, 0.05) is 0 Å². The molecule has 3 aromatic carbocycles. The third-order valence-electron chi connectivity index (χ3n) is 4.27. The minimum atomic E-state index is 0.986. The molecule has 22 heavy (non-hydrogen) atoms. The van der Waals surface area contributed by atoms with Gasteiger partial charge in [-0.25, -0.2) is 0 Å². The summed E-state index contributed by atoms with van der Waals surface area (Å²) in [6.45, 7) is 6.50.